The standard InChI is InChI=1S/C53H34N2O2/c1-2-15-33(16-3-1)46-32-47(34-29-30-39-38-20-8-12-27-48(38)56-50(39)31-34)55-52(54-46)41-21-5-4-17-35(41)40-22-14-26-45-51(40)57-49-28-13-11-25-44(49)53(45)42-23-9-6-18-36(42)37-19-7-10-24-43(37)53/h1-32,52,55H. The molecule has 4 nitrogen and oxygen atoms in total. The Hall–Kier alpha value is -7.43. The fraction of sp³-hybridized carbons (Fsp3) is 0.0377. The molecule has 1 N–H and O–H groups in total. The zero-order chi connectivity index (χ0) is 37.5. The predicted molar refractivity (Wildman–Crippen MR) is 230 cm³/mol. The summed E-state index contributed by atoms with van der Waals surface area (Å²) < 4.78 is 13.4. The molecule has 1 atom stereocenters. The van der Waals surface area contributed by atoms with Gasteiger partial charge in [-0.2, -0.15) is 0 Å². The van der Waals surface area contributed by atoms with Crippen molar-refractivity contribution in [3.63, 3.8) is 0 Å². The molecule has 12 rings (SSSR count). The lowest BCUT2D eigenvalue weighted by Gasteiger charge is -2.40. The Morgan fingerprint density at radius 3 is 1.93 bits per heavy atom. The van der Waals surface area contributed by atoms with E-state index >= 15 is 0 Å². The Balaban J connectivity index is 1.04. The van der Waals surface area contributed by atoms with Gasteiger partial charge in [-0.3, -0.25) is 4.99 Å². The van der Waals surface area contributed by atoms with Gasteiger partial charge in [-0.05, 0) is 63.7 Å². The number of furan rings is 1. The van der Waals surface area contributed by atoms with Crippen LogP contribution in [0.25, 0.3) is 49.9 Å². The molecule has 1 aromatic heterocycles. The van der Waals surface area contributed by atoms with Gasteiger partial charge in [0.15, 0.2) is 0 Å². The minimum atomic E-state index is -0.546. The average molecular weight is 731 g/mol. The number of benzene rings is 8. The molecule has 0 saturated heterocycles. The number of ether oxygens (including phenoxy) is 1. The smallest absolute Gasteiger partial charge is 0.146 e. The highest BCUT2D eigenvalue weighted by molar-refractivity contribution is 6.13. The van der Waals surface area contributed by atoms with Crippen LogP contribution < -0.4 is 10.1 Å². The van der Waals surface area contributed by atoms with Crippen molar-refractivity contribution < 1.29 is 9.15 Å². The van der Waals surface area contributed by atoms with E-state index in [-0.39, 0.29) is 0 Å². The number of fused-ring (bicyclic) bond motifs is 12. The van der Waals surface area contributed by atoms with Crippen molar-refractivity contribution in [2.24, 2.45) is 4.99 Å². The molecule has 9 aromatic rings. The summed E-state index contributed by atoms with van der Waals surface area (Å²) >= 11 is 0. The number of hydrogen-bond acceptors (Lipinski definition) is 4. The maximum Gasteiger partial charge on any atom is 0.146 e. The van der Waals surface area contributed by atoms with E-state index < -0.39 is 11.6 Å². The van der Waals surface area contributed by atoms with E-state index in [9.17, 15) is 0 Å². The zero-order valence-electron chi connectivity index (χ0n) is 30.8. The molecule has 2 aliphatic heterocycles. The topological polar surface area (TPSA) is 46.8 Å². The van der Waals surface area contributed by atoms with Gasteiger partial charge < -0.3 is 14.5 Å². The van der Waals surface area contributed by atoms with E-state index in [1.807, 2.05) is 18.2 Å². The van der Waals surface area contributed by atoms with Gasteiger partial charge in [0.25, 0.3) is 0 Å². The van der Waals surface area contributed by atoms with Gasteiger partial charge in [-0.15, -0.1) is 0 Å². The first-order chi connectivity index (χ1) is 28.3. The van der Waals surface area contributed by atoms with Gasteiger partial charge in [-0.25, -0.2) is 0 Å². The molecular formula is C53H34N2O2. The lowest BCUT2D eigenvalue weighted by Crippen LogP contribution is -2.32. The molecule has 0 fully saturated rings. The maximum atomic E-state index is 7.09. The van der Waals surface area contributed by atoms with Crippen LogP contribution in [0.2, 0.25) is 0 Å². The Bertz CT molecular complexity index is 3110. The third kappa shape index (κ3) is 4.65. The number of allylic oxidation sites excluding steroid dienone is 1. The number of para-hydroxylation sites is 3. The van der Waals surface area contributed by atoms with E-state index in [1.165, 1.54) is 22.3 Å². The second kappa shape index (κ2) is 12.3. The van der Waals surface area contributed by atoms with Crippen molar-refractivity contribution in [1.29, 1.82) is 0 Å². The maximum absolute atomic E-state index is 7.09. The molecule has 0 radical (unpaired) electrons. The van der Waals surface area contributed by atoms with Crippen LogP contribution in [-0.2, 0) is 5.41 Å². The summed E-state index contributed by atoms with van der Waals surface area (Å²) in [5, 5.41) is 6.07. The van der Waals surface area contributed by atoms with E-state index in [4.69, 9.17) is 14.1 Å². The molecule has 1 aliphatic carbocycles. The van der Waals surface area contributed by atoms with E-state index in [0.29, 0.717) is 0 Å². The van der Waals surface area contributed by atoms with Crippen LogP contribution in [0.1, 0.15) is 45.1 Å². The van der Waals surface area contributed by atoms with Crippen LogP contribution in [0.3, 0.4) is 0 Å². The third-order valence-electron chi connectivity index (χ3n) is 12.0. The van der Waals surface area contributed by atoms with Gasteiger partial charge in [-0.1, -0.05) is 164 Å². The summed E-state index contributed by atoms with van der Waals surface area (Å²) in [4.78, 5) is 5.42. The average Bonchev–Trinajstić information content (AvgIpc) is 3.80. The van der Waals surface area contributed by atoms with Crippen molar-refractivity contribution in [2.75, 3.05) is 0 Å². The van der Waals surface area contributed by atoms with E-state index in [1.54, 1.807) is 0 Å². The van der Waals surface area contributed by atoms with Crippen LogP contribution in [0, 0.1) is 0 Å². The number of nitrogens with one attached hydrogen (secondary N) is 1. The normalized spacial score (nSPS) is 15.8. The molecule has 1 spiro atoms. The molecular weight excluding hydrogens is 697 g/mol. The quantitative estimate of drug-likeness (QED) is 0.196. The molecule has 1 unspecified atom stereocenters. The molecule has 57 heavy (non-hydrogen) atoms. The van der Waals surface area contributed by atoms with Crippen LogP contribution in [0.5, 0.6) is 11.5 Å². The molecule has 0 amide bonds. The van der Waals surface area contributed by atoms with Crippen LogP contribution >= 0.6 is 0 Å². The fourth-order valence-electron chi connectivity index (χ4n) is 9.58. The molecule has 4 heteroatoms. The van der Waals surface area contributed by atoms with Crippen molar-refractivity contribution in [3.05, 3.63) is 233 Å². The first-order valence-electron chi connectivity index (χ1n) is 19.5. The first kappa shape index (κ1) is 31.9. The highest BCUT2D eigenvalue weighted by Crippen LogP contribution is 2.63. The minimum absolute atomic E-state index is 0.392. The monoisotopic (exact) mass is 730 g/mol. The van der Waals surface area contributed by atoms with Gasteiger partial charge in [0, 0.05) is 44.3 Å². The summed E-state index contributed by atoms with van der Waals surface area (Å²) in [6.45, 7) is 0. The largest absolute Gasteiger partial charge is 0.456 e. The minimum Gasteiger partial charge on any atom is -0.456 e. The Labute approximate surface area is 330 Å². The zero-order valence-corrected chi connectivity index (χ0v) is 30.8. The van der Waals surface area contributed by atoms with Gasteiger partial charge in [0.05, 0.1) is 11.1 Å². The van der Waals surface area contributed by atoms with Crippen molar-refractivity contribution in [1.82, 2.24) is 5.32 Å². The molecule has 0 saturated carbocycles. The highest BCUT2D eigenvalue weighted by Gasteiger charge is 2.51. The highest BCUT2D eigenvalue weighted by atomic mass is 16.5. The second-order valence-corrected chi connectivity index (χ2v) is 15.0. The van der Waals surface area contributed by atoms with Crippen LogP contribution in [0.4, 0.5) is 0 Å². The molecule has 0 bridgehead atoms. The van der Waals surface area contributed by atoms with Gasteiger partial charge in [0.2, 0.25) is 0 Å². The third-order valence-corrected chi connectivity index (χ3v) is 12.0. The number of rotatable bonds is 4. The van der Waals surface area contributed by atoms with Crippen LogP contribution in [0.15, 0.2) is 204 Å². The molecule has 268 valence electrons. The first-order valence-corrected chi connectivity index (χ1v) is 19.5. The fourth-order valence-corrected chi connectivity index (χ4v) is 9.58. The molecule has 3 heterocycles. The summed E-state index contributed by atoms with van der Waals surface area (Å²) in [6.07, 6.45) is 1.76. The van der Waals surface area contributed by atoms with Gasteiger partial charge >= 0.3 is 0 Å². The molecule has 8 aromatic carbocycles. The second-order valence-electron chi connectivity index (χ2n) is 15.0. The number of nitrogens with zero attached hydrogens (tertiary/aromatic N) is 1. The van der Waals surface area contributed by atoms with E-state index in [0.717, 1.165) is 83.8 Å². The van der Waals surface area contributed by atoms with Crippen molar-refractivity contribution in [2.45, 2.75) is 11.6 Å². The Morgan fingerprint density at radius 1 is 0.474 bits per heavy atom. The summed E-state index contributed by atoms with van der Waals surface area (Å²) in [5.41, 5.74) is 15.7. The summed E-state index contributed by atoms with van der Waals surface area (Å²) in [5.74, 6) is 1.73. The lowest BCUT2D eigenvalue weighted by molar-refractivity contribution is 0.438. The van der Waals surface area contributed by atoms with Crippen molar-refractivity contribution >= 4 is 33.3 Å². The number of hydrogen-bond donors (Lipinski definition) is 1. The van der Waals surface area contributed by atoms with E-state index in [2.05, 4.69) is 181 Å². The molecule has 3 aliphatic rings. The van der Waals surface area contributed by atoms with Crippen molar-refractivity contribution in [3.8, 4) is 33.8 Å². The lowest BCUT2D eigenvalue weighted by atomic mass is 9.65. The van der Waals surface area contributed by atoms with Gasteiger partial charge in [0.1, 0.15) is 28.8 Å². The SMILES string of the molecule is C1=C(c2ccc3c(c2)oc2ccccc23)NC(c2ccccc2-c2cccc3c2Oc2ccccc2C32c3ccccc3-c3ccccc32)N=C1c1ccccc1. The predicted octanol–water partition coefficient (Wildman–Crippen LogP) is 12.9. The Kier molecular flexibility index (Phi) is 6.87. The number of aliphatic imine (C=N–C) groups is 1. The van der Waals surface area contributed by atoms with Crippen LogP contribution in [-0.4, -0.2) is 5.71 Å². The Morgan fingerprint density at radius 2 is 1.11 bits per heavy atom. The summed E-state index contributed by atoms with van der Waals surface area (Å²) in [7, 11) is 0. The summed E-state index contributed by atoms with van der Waals surface area (Å²) in [6, 6.07) is 66.7.